The van der Waals surface area contributed by atoms with Crippen LogP contribution in [-0.4, -0.2) is 35.9 Å². The Morgan fingerprint density at radius 1 is 1.23 bits per heavy atom. The van der Waals surface area contributed by atoms with E-state index in [-0.39, 0.29) is 11.2 Å². The molecule has 4 rings (SSSR count). The van der Waals surface area contributed by atoms with Crippen molar-refractivity contribution < 1.29 is 4.79 Å². The Morgan fingerprint density at radius 2 is 2.06 bits per heavy atom. The van der Waals surface area contributed by atoms with Crippen molar-refractivity contribution in [3.63, 3.8) is 0 Å². The summed E-state index contributed by atoms with van der Waals surface area (Å²) in [5.41, 5.74) is 0.932. The predicted octanol–water partition coefficient (Wildman–Crippen LogP) is 5.26. The largest absolute Gasteiger partial charge is 0.310 e. The fraction of sp³-hybridized carbons (Fsp3) is 0.409. The first-order valence-corrected chi connectivity index (χ1v) is 11.7. The van der Waals surface area contributed by atoms with Gasteiger partial charge in [-0.25, -0.2) is 4.98 Å². The van der Waals surface area contributed by atoms with Crippen LogP contribution in [0.25, 0.3) is 11.4 Å². The van der Waals surface area contributed by atoms with Crippen LogP contribution in [0.3, 0.4) is 0 Å². The van der Waals surface area contributed by atoms with Crippen LogP contribution in [0.5, 0.6) is 0 Å². The highest BCUT2D eigenvalue weighted by Gasteiger charge is 2.30. The molecule has 1 saturated carbocycles. The number of rotatable bonds is 6. The lowest BCUT2D eigenvalue weighted by atomic mass is 9.85. The zero-order valence-electron chi connectivity index (χ0n) is 17.5. The molecule has 3 unspecified atom stereocenters. The first-order chi connectivity index (χ1) is 15.0. The summed E-state index contributed by atoms with van der Waals surface area (Å²) in [6.07, 6.45) is 9.76. The van der Waals surface area contributed by atoms with Gasteiger partial charge in [-0.15, -0.1) is 10.2 Å². The Hall–Kier alpha value is -2.45. The number of thioether (sulfide) groups is 1. The fourth-order valence-electron chi connectivity index (χ4n) is 3.92. The van der Waals surface area contributed by atoms with Gasteiger partial charge < -0.3 is 5.32 Å². The number of nitrogens with one attached hydrogen (secondary N) is 1. The molecule has 0 spiro atoms. The van der Waals surface area contributed by atoms with Crippen LogP contribution in [0.1, 0.15) is 45.6 Å². The van der Waals surface area contributed by atoms with Crippen LogP contribution >= 0.6 is 23.4 Å². The zero-order chi connectivity index (χ0) is 21.8. The average Bonchev–Trinajstić information content (AvgIpc) is 3.19. The summed E-state index contributed by atoms with van der Waals surface area (Å²) in [6.45, 7) is 4.15. The van der Waals surface area contributed by atoms with Crippen LogP contribution in [0.2, 0.25) is 5.02 Å². The third-order valence-corrected chi connectivity index (χ3v) is 6.89. The quantitative estimate of drug-likeness (QED) is 0.509. The van der Waals surface area contributed by atoms with Crippen molar-refractivity contribution in [2.75, 3.05) is 5.32 Å². The second-order valence-electron chi connectivity index (χ2n) is 7.86. The van der Waals surface area contributed by atoms with Crippen LogP contribution in [0, 0.1) is 5.92 Å². The third kappa shape index (κ3) is 5.07. The highest BCUT2D eigenvalue weighted by Crippen LogP contribution is 2.39. The number of carbonyl (C=O) groups is 1. The molecular weight excluding hydrogens is 432 g/mol. The van der Waals surface area contributed by atoms with Gasteiger partial charge in [0.15, 0.2) is 11.0 Å². The monoisotopic (exact) mass is 456 g/mol. The molecule has 3 heterocycles. The van der Waals surface area contributed by atoms with E-state index in [1.807, 2.05) is 25.3 Å². The molecule has 162 valence electrons. The Bertz CT molecular complexity index is 1030. The number of pyridine rings is 2. The van der Waals surface area contributed by atoms with Crippen molar-refractivity contribution in [1.82, 2.24) is 24.7 Å². The van der Waals surface area contributed by atoms with Gasteiger partial charge in [0.05, 0.1) is 10.3 Å². The van der Waals surface area contributed by atoms with Crippen LogP contribution < -0.4 is 5.32 Å². The molecule has 1 aliphatic rings. The summed E-state index contributed by atoms with van der Waals surface area (Å²) in [5.74, 6) is 1.65. The minimum atomic E-state index is -0.374. The molecule has 1 N–H and O–H groups in total. The van der Waals surface area contributed by atoms with Gasteiger partial charge in [-0.1, -0.05) is 43.1 Å². The van der Waals surface area contributed by atoms with E-state index in [0.717, 1.165) is 23.0 Å². The normalized spacial score (nSPS) is 19.7. The number of hydrogen-bond donors (Lipinski definition) is 1. The lowest BCUT2D eigenvalue weighted by molar-refractivity contribution is -0.115. The summed E-state index contributed by atoms with van der Waals surface area (Å²) >= 11 is 7.29. The maximum absolute atomic E-state index is 12.8. The maximum Gasteiger partial charge on any atom is 0.238 e. The number of halogens is 1. The number of amides is 1. The molecule has 1 aliphatic carbocycles. The number of aromatic nitrogens is 5. The molecule has 0 aromatic carbocycles. The standard InChI is InChI=1S/C22H25ClN6OS/c1-14-6-3-4-8-18(14)29-20(16-7-5-11-24-12-16)27-28-22(29)31-15(2)21(30)26-19-10-9-17(23)13-25-19/h5,7,9-15,18H,3-4,6,8H2,1-2H3,(H,25,26,30). The summed E-state index contributed by atoms with van der Waals surface area (Å²) in [5, 5.41) is 12.7. The van der Waals surface area contributed by atoms with E-state index in [1.54, 1.807) is 18.3 Å². The van der Waals surface area contributed by atoms with E-state index in [9.17, 15) is 4.79 Å². The molecule has 3 aromatic rings. The molecule has 0 saturated heterocycles. The molecule has 0 radical (unpaired) electrons. The van der Waals surface area contributed by atoms with Crippen LogP contribution in [0.15, 0.2) is 48.0 Å². The van der Waals surface area contributed by atoms with Crippen LogP contribution in [0.4, 0.5) is 5.82 Å². The molecule has 3 aromatic heterocycles. The van der Waals surface area contributed by atoms with Crippen molar-refractivity contribution in [2.24, 2.45) is 5.92 Å². The molecule has 9 heteroatoms. The van der Waals surface area contributed by atoms with Gasteiger partial charge in [-0.05, 0) is 49.9 Å². The fourth-order valence-corrected chi connectivity index (χ4v) is 4.94. The maximum atomic E-state index is 12.8. The number of carbonyl (C=O) groups excluding carboxylic acids is 1. The van der Waals surface area contributed by atoms with E-state index in [0.29, 0.717) is 22.8 Å². The first kappa shape index (κ1) is 21.8. The topological polar surface area (TPSA) is 85.6 Å². The van der Waals surface area contributed by atoms with Gasteiger partial charge in [0.25, 0.3) is 0 Å². The third-order valence-electron chi connectivity index (χ3n) is 5.61. The van der Waals surface area contributed by atoms with Gasteiger partial charge in [0, 0.05) is 30.2 Å². The molecule has 1 fully saturated rings. The molecule has 0 aliphatic heterocycles. The first-order valence-electron chi connectivity index (χ1n) is 10.5. The molecule has 3 atom stereocenters. The van der Waals surface area contributed by atoms with Gasteiger partial charge in [0.2, 0.25) is 5.91 Å². The average molecular weight is 457 g/mol. The zero-order valence-corrected chi connectivity index (χ0v) is 19.1. The van der Waals surface area contributed by atoms with Crippen molar-refractivity contribution in [1.29, 1.82) is 0 Å². The van der Waals surface area contributed by atoms with Crippen molar-refractivity contribution in [2.45, 2.75) is 56.0 Å². The van der Waals surface area contributed by atoms with E-state index in [4.69, 9.17) is 11.6 Å². The molecular formula is C22H25ClN6OS. The predicted molar refractivity (Wildman–Crippen MR) is 123 cm³/mol. The highest BCUT2D eigenvalue weighted by atomic mass is 35.5. The van der Waals surface area contributed by atoms with Crippen molar-refractivity contribution in [3.05, 3.63) is 47.9 Å². The van der Waals surface area contributed by atoms with Gasteiger partial charge in [0.1, 0.15) is 5.82 Å². The number of anilines is 1. The Morgan fingerprint density at radius 3 is 2.77 bits per heavy atom. The van der Waals surface area contributed by atoms with E-state index >= 15 is 0 Å². The second kappa shape index (κ2) is 9.78. The van der Waals surface area contributed by atoms with E-state index in [1.165, 1.54) is 37.2 Å². The smallest absolute Gasteiger partial charge is 0.238 e. The van der Waals surface area contributed by atoms with E-state index in [2.05, 4.69) is 37.0 Å². The highest BCUT2D eigenvalue weighted by molar-refractivity contribution is 8.00. The Kier molecular flexibility index (Phi) is 6.87. The van der Waals surface area contributed by atoms with Gasteiger partial charge in [-0.3, -0.25) is 14.3 Å². The van der Waals surface area contributed by atoms with Crippen molar-refractivity contribution >= 4 is 35.1 Å². The molecule has 31 heavy (non-hydrogen) atoms. The summed E-state index contributed by atoms with van der Waals surface area (Å²) in [6, 6.07) is 7.58. The summed E-state index contributed by atoms with van der Waals surface area (Å²) < 4.78 is 2.22. The summed E-state index contributed by atoms with van der Waals surface area (Å²) in [4.78, 5) is 21.1. The van der Waals surface area contributed by atoms with Crippen molar-refractivity contribution in [3.8, 4) is 11.4 Å². The molecule has 1 amide bonds. The lowest BCUT2D eigenvalue weighted by Gasteiger charge is -2.31. The Balaban J connectivity index is 1.59. The second-order valence-corrected chi connectivity index (χ2v) is 9.60. The van der Waals surface area contributed by atoms with E-state index < -0.39 is 0 Å². The van der Waals surface area contributed by atoms with Gasteiger partial charge >= 0.3 is 0 Å². The number of hydrogen-bond acceptors (Lipinski definition) is 6. The molecule has 0 bridgehead atoms. The van der Waals surface area contributed by atoms with Gasteiger partial charge in [-0.2, -0.15) is 0 Å². The SMILES string of the molecule is CC(Sc1nnc(-c2cccnc2)n1C1CCCCC1C)C(=O)Nc1ccc(Cl)cn1. The van der Waals surface area contributed by atoms with Crippen LogP contribution in [-0.2, 0) is 4.79 Å². The minimum Gasteiger partial charge on any atom is -0.310 e. The number of nitrogens with zero attached hydrogens (tertiary/aromatic N) is 5. The summed E-state index contributed by atoms with van der Waals surface area (Å²) in [7, 11) is 0. The molecule has 7 nitrogen and oxygen atoms in total. The minimum absolute atomic E-state index is 0.144. The lowest BCUT2D eigenvalue weighted by Crippen LogP contribution is -2.25. The Labute approximate surface area is 191 Å².